The molecule has 0 radical (unpaired) electrons. The summed E-state index contributed by atoms with van der Waals surface area (Å²) in [5.74, 6) is 0.693. The monoisotopic (exact) mass is 243 g/mol. The fourth-order valence-corrected chi connectivity index (χ4v) is 1.65. The quantitative estimate of drug-likeness (QED) is 0.854. The first-order valence-corrected chi connectivity index (χ1v) is 5.50. The van der Waals surface area contributed by atoms with Gasteiger partial charge in [0.15, 0.2) is 0 Å². The molecule has 16 heavy (non-hydrogen) atoms. The summed E-state index contributed by atoms with van der Waals surface area (Å²) in [4.78, 5) is 0. The van der Waals surface area contributed by atoms with Crippen molar-refractivity contribution >= 4 is 11.6 Å². The number of hydrogen-bond donors (Lipinski definition) is 2. The Labute approximate surface area is 101 Å². The number of halogens is 1. The molecule has 0 amide bonds. The molecule has 0 bridgehead atoms. The van der Waals surface area contributed by atoms with Crippen LogP contribution in [0.25, 0.3) is 0 Å². The van der Waals surface area contributed by atoms with Crippen LogP contribution in [0.2, 0.25) is 5.02 Å². The third kappa shape index (κ3) is 2.67. The van der Waals surface area contributed by atoms with E-state index >= 15 is 0 Å². The lowest BCUT2D eigenvalue weighted by Gasteiger charge is -2.30. The van der Waals surface area contributed by atoms with E-state index in [1.807, 2.05) is 13.8 Å². The van der Waals surface area contributed by atoms with Gasteiger partial charge in [-0.1, -0.05) is 25.4 Å². The summed E-state index contributed by atoms with van der Waals surface area (Å²) in [5, 5.41) is 9.92. The Balaban J connectivity index is 3.16. The van der Waals surface area contributed by atoms with Crippen LogP contribution in [0.3, 0.4) is 0 Å². The zero-order chi connectivity index (χ0) is 12.3. The maximum Gasteiger partial charge on any atom is 0.123 e. The zero-order valence-electron chi connectivity index (χ0n) is 9.83. The Kier molecular flexibility index (Phi) is 4.19. The highest BCUT2D eigenvalue weighted by atomic mass is 35.5. The van der Waals surface area contributed by atoms with Gasteiger partial charge in [-0.3, -0.25) is 0 Å². The molecule has 0 saturated heterocycles. The van der Waals surface area contributed by atoms with Gasteiger partial charge in [-0.25, -0.2) is 0 Å². The van der Waals surface area contributed by atoms with Gasteiger partial charge in [0, 0.05) is 28.6 Å². The number of nitrogens with two attached hydrogens (primary N) is 1. The number of ether oxygens (including phenoxy) is 1. The van der Waals surface area contributed by atoms with Crippen molar-refractivity contribution < 1.29 is 9.84 Å². The van der Waals surface area contributed by atoms with E-state index in [4.69, 9.17) is 22.1 Å². The number of methoxy groups -OCH3 is 1. The van der Waals surface area contributed by atoms with Gasteiger partial charge in [0.2, 0.25) is 0 Å². The molecule has 3 N–H and O–H groups in total. The van der Waals surface area contributed by atoms with Crippen LogP contribution >= 0.6 is 11.6 Å². The average Bonchev–Trinajstić information content (AvgIpc) is 2.28. The molecular formula is C12H18ClNO2. The standard InChI is InChI=1S/C12H18ClNO2/c1-12(2,7-15)11(14)9-6-8(13)4-5-10(9)16-3/h4-6,11,15H,7,14H2,1-3H3/t11-/m1/s1. The third-order valence-corrected chi connectivity index (χ3v) is 3.01. The van der Waals surface area contributed by atoms with Crippen molar-refractivity contribution in [3.05, 3.63) is 28.8 Å². The van der Waals surface area contributed by atoms with Gasteiger partial charge >= 0.3 is 0 Å². The Morgan fingerprint density at radius 1 is 1.50 bits per heavy atom. The minimum atomic E-state index is -0.419. The van der Waals surface area contributed by atoms with Crippen LogP contribution in [-0.2, 0) is 0 Å². The molecule has 0 aliphatic rings. The Morgan fingerprint density at radius 3 is 2.62 bits per heavy atom. The van der Waals surface area contributed by atoms with Gasteiger partial charge < -0.3 is 15.6 Å². The van der Waals surface area contributed by atoms with Gasteiger partial charge in [-0.2, -0.15) is 0 Å². The fraction of sp³-hybridized carbons (Fsp3) is 0.500. The predicted octanol–water partition coefficient (Wildman–Crippen LogP) is 2.37. The number of aliphatic hydroxyl groups is 1. The van der Waals surface area contributed by atoms with Gasteiger partial charge in [-0.05, 0) is 18.2 Å². The van der Waals surface area contributed by atoms with Crippen LogP contribution in [0.5, 0.6) is 5.75 Å². The van der Waals surface area contributed by atoms with Gasteiger partial charge in [0.25, 0.3) is 0 Å². The largest absolute Gasteiger partial charge is 0.496 e. The normalized spacial score (nSPS) is 13.6. The highest BCUT2D eigenvalue weighted by Gasteiger charge is 2.29. The molecule has 3 nitrogen and oxygen atoms in total. The first kappa shape index (κ1) is 13.3. The molecule has 1 rings (SSSR count). The van der Waals surface area contributed by atoms with E-state index in [2.05, 4.69) is 0 Å². The molecule has 4 heteroatoms. The van der Waals surface area contributed by atoms with Crippen molar-refractivity contribution in [1.82, 2.24) is 0 Å². The molecule has 1 aromatic carbocycles. The SMILES string of the molecule is COc1ccc(Cl)cc1[C@@H](N)C(C)(C)CO. The molecule has 0 aromatic heterocycles. The minimum Gasteiger partial charge on any atom is -0.496 e. The van der Waals surface area contributed by atoms with E-state index in [0.717, 1.165) is 5.56 Å². The van der Waals surface area contributed by atoms with Gasteiger partial charge in [-0.15, -0.1) is 0 Å². The molecule has 1 atom stereocenters. The highest BCUT2D eigenvalue weighted by Crippen LogP contribution is 2.36. The summed E-state index contributed by atoms with van der Waals surface area (Å²) in [6.45, 7) is 3.81. The summed E-state index contributed by atoms with van der Waals surface area (Å²) >= 11 is 5.94. The maximum absolute atomic E-state index is 9.30. The molecule has 0 saturated carbocycles. The molecule has 0 aliphatic heterocycles. The van der Waals surface area contributed by atoms with Crippen LogP contribution in [0, 0.1) is 5.41 Å². The summed E-state index contributed by atoms with van der Waals surface area (Å²) in [7, 11) is 1.59. The maximum atomic E-state index is 9.30. The van der Waals surface area contributed by atoms with Crippen molar-refractivity contribution in [1.29, 1.82) is 0 Å². The molecule has 0 fully saturated rings. The molecule has 0 spiro atoms. The second-order valence-corrected chi connectivity index (χ2v) is 4.95. The van der Waals surface area contributed by atoms with E-state index in [1.54, 1.807) is 25.3 Å². The number of benzene rings is 1. The number of aliphatic hydroxyl groups excluding tert-OH is 1. The molecule has 0 unspecified atom stereocenters. The topological polar surface area (TPSA) is 55.5 Å². The molecule has 1 aromatic rings. The van der Waals surface area contributed by atoms with Crippen LogP contribution in [0.4, 0.5) is 0 Å². The minimum absolute atomic E-state index is 0.00380. The first-order valence-electron chi connectivity index (χ1n) is 5.12. The Morgan fingerprint density at radius 2 is 2.12 bits per heavy atom. The van der Waals surface area contributed by atoms with Crippen molar-refractivity contribution in [2.24, 2.45) is 11.1 Å². The second kappa shape index (κ2) is 5.04. The zero-order valence-corrected chi connectivity index (χ0v) is 10.6. The average molecular weight is 244 g/mol. The van der Waals surface area contributed by atoms with Crippen LogP contribution in [0.1, 0.15) is 25.5 Å². The van der Waals surface area contributed by atoms with E-state index in [1.165, 1.54) is 0 Å². The third-order valence-electron chi connectivity index (χ3n) is 2.78. The fourth-order valence-electron chi connectivity index (χ4n) is 1.47. The highest BCUT2D eigenvalue weighted by molar-refractivity contribution is 6.30. The second-order valence-electron chi connectivity index (χ2n) is 4.51. The van der Waals surface area contributed by atoms with Crippen molar-refractivity contribution in [2.75, 3.05) is 13.7 Å². The van der Waals surface area contributed by atoms with Gasteiger partial charge in [0.05, 0.1) is 7.11 Å². The van der Waals surface area contributed by atoms with E-state index in [0.29, 0.717) is 10.8 Å². The first-order chi connectivity index (χ1) is 7.42. The van der Waals surface area contributed by atoms with E-state index < -0.39 is 5.41 Å². The number of rotatable bonds is 4. The number of hydrogen-bond acceptors (Lipinski definition) is 3. The van der Waals surface area contributed by atoms with Crippen molar-refractivity contribution in [2.45, 2.75) is 19.9 Å². The summed E-state index contributed by atoms with van der Waals surface area (Å²) < 4.78 is 5.24. The van der Waals surface area contributed by atoms with Crippen LogP contribution in [0.15, 0.2) is 18.2 Å². The van der Waals surface area contributed by atoms with Crippen LogP contribution in [-0.4, -0.2) is 18.8 Å². The Bertz CT molecular complexity index is 366. The Hall–Kier alpha value is -0.770. The summed E-state index contributed by atoms with van der Waals surface area (Å²) in [6.07, 6.45) is 0. The lowest BCUT2D eigenvalue weighted by atomic mass is 9.81. The lowest BCUT2D eigenvalue weighted by molar-refractivity contribution is 0.131. The summed E-state index contributed by atoms with van der Waals surface area (Å²) in [5.41, 5.74) is 6.53. The van der Waals surface area contributed by atoms with Crippen molar-refractivity contribution in [3.63, 3.8) is 0 Å². The predicted molar refractivity (Wildman–Crippen MR) is 65.8 cm³/mol. The smallest absolute Gasteiger partial charge is 0.123 e. The van der Waals surface area contributed by atoms with E-state index in [-0.39, 0.29) is 12.6 Å². The summed E-state index contributed by atoms with van der Waals surface area (Å²) in [6, 6.07) is 4.99. The molecule has 90 valence electrons. The lowest BCUT2D eigenvalue weighted by Crippen LogP contribution is -2.32. The van der Waals surface area contributed by atoms with Crippen molar-refractivity contribution in [3.8, 4) is 5.75 Å². The van der Waals surface area contributed by atoms with Crippen LogP contribution < -0.4 is 10.5 Å². The molecular weight excluding hydrogens is 226 g/mol. The van der Waals surface area contributed by atoms with E-state index in [9.17, 15) is 5.11 Å². The van der Waals surface area contributed by atoms with Gasteiger partial charge in [0.1, 0.15) is 5.75 Å². The molecule has 0 aliphatic carbocycles. The molecule has 0 heterocycles.